The molecule has 0 aliphatic carbocycles. The van der Waals surface area contributed by atoms with E-state index in [1.807, 2.05) is 12.1 Å². The summed E-state index contributed by atoms with van der Waals surface area (Å²) >= 11 is 2.07. The van der Waals surface area contributed by atoms with Crippen LogP contribution in [-0.2, 0) is 4.74 Å². The lowest BCUT2D eigenvalue weighted by Crippen LogP contribution is -2.33. The highest BCUT2D eigenvalue weighted by Gasteiger charge is 2.43. The molecule has 3 heterocycles. The van der Waals surface area contributed by atoms with Crippen molar-refractivity contribution in [1.29, 1.82) is 0 Å². The number of anilines is 1. The van der Waals surface area contributed by atoms with Gasteiger partial charge in [-0.25, -0.2) is 15.0 Å². The van der Waals surface area contributed by atoms with Gasteiger partial charge in [0.2, 0.25) is 0 Å². The molecule has 1 aliphatic rings. The number of phenols is 1. The van der Waals surface area contributed by atoms with Crippen molar-refractivity contribution in [3.05, 3.63) is 40.5 Å². The zero-order chi connectivity index (χ0) is 19.6. The number of halogens is 1. The summed E-state index contributed by atoms with van der Waals surface area (Å²) in [6.07, 6.45) is -1.42. The molecular formula is C16H18IN5O5. The SMILES string of the molecule is Nc1ncnc2c1ncn2[C@@H]1O[C@H](CO)[C@@H](O)[C@H]1O.Oc1ccccc1I. The van der Waals surface area contributed by atoms with Crippen LogP contribution in [0, 0.1) is 3.57 Å². The van der Waals surface area contributed by atoms with Crippen molar-refractivity contribution in [1.82, 2.24) is 19.5 Å². The van der Waals surface area contributed by atoms with Gasteiger partial charge in [-0.1, -0.05) is 12.1 Å². The summed E-state index contributed by atoms with van der Waals surface area (Å²) in [4.78, 5) is 11.9. The van der Waals surface area contributed by atoms with E-state index in [9.17, 15) is 10.2 Å². The number of ether oxygens (including phenoxy) is 1. The van der Waals surface area contributed by atoms with Crippen LogP contribution in [0.2, 0.25) is 0 Å². The number of aliphatic hydroxyl groups excluding tert-OH is 3. The van der Waals surface area contributed by atoms with Crippen molar-refractivity contribution in [2.24, 2.45) is 0 Å². The number of imidazole rings is 1. The topological polar surface area (TPSA) is 160 Å². The highest BCUT2D eigenvalue weighted by molar-refractivity contribution is 14.1. The third-order valence-corrected chi connectivity index (χ3v) is 4.94. The number of nitrogens with two attached hydrogens (primary N) is 1. The maximum absolute atomic E-state index is 9.95. The third-order valence-electron chi connectivity index (χ3n) is 4.03. The minimum absolute atomic E-state index is 0.218. The molecule has 1 aliphatic heterocycles. The fourth-order valence-electron chi connectivity index (χ4n) is 2.62. The Morgan fingerprint density at radius 1 is 1.15 bits per heavy atom. The summed E-state index contributed by atoms with van der Waals surface area (Å²) in [5.41, 5.74) is 6.44. The van der Waals surface area contributed by atoms with Crippen LogP contribution in [0.15, 0.2) is 36.9 Å². The molecule has 27 heavy (non-hydrogen) atoms. The van der Waals surface area contributed by atoms with Gasteiger partial charge in [0.05, 0.1) is 16.5 Å². The number of aromatic nitrogens is 4. The van der Waals surface area contributed by atoms with Crippen molar-refractivity contribution in [2.45, 2.75) is 24.5 Å². The second-order valence-corrected chi connectivity index (χ2v) is 6.93. The first-order valence-electron chi connectivity index (χ1n) is 7.93. The first kappa shape index (κ1) is 19.7. The summed E-state index contributed by atoms with van der Waals surface area (Å²) in [6.45, 7) is -0.390. The maximum atomic E-state index is 9.95. The molecule has 3 aromatic rings. The lowest BCUT2D eigenvalue weighted by molar-refractivity contribution is -0.0511. The molecule has 6 N–H and O–H groups in total. The Morgan fingerprint density at radius 2 is 1.89 bits per heavy atom. The van der Waals surface area contributed by atoms with Crippen LogP contribution < -0.4 is 5.73 Å². The van der Waals surface area contributed by atoms with Crippen LogP contribution in [0.1, 0.15) is 6.23 Å². The van der Waals surface area contributed by atoms with Gasteiger partial charge in [-0.15, -0.1) is 0 Å². The molecule has 11 heteroatoms. The standard InChI is InChI=1S/C10H13N5O4.C6H5IO/c11-8-5-9(13-2-12-8)15(3-14-5)10-7(18)6(17)4(1-16)19-10;7-5-3-1-2-4-6(5)8/h2-4,6-7,10,16-18H,1H2,(H2,11,12,13);1-4,8H/t4-,6-,7-,10-;/m1./s1. The van der Waals surface area contributed by atoms with E-state index in [-0.39, 0.29) is 5.82 Å². The highest BCUT2D eigenvalue weighted by atomic mass is 127. The van der Waals surface area contributed by atoms with E-state index in [0.29, 0.717) is 16.9 Å². The molecule has 0 radical (unpaired) electrons. The van der Waals surface area contributed by atoms with E-state index in [1.165, 1.54) is 17.2 Å². The molecule has 0 bridgehead atoms. The summed E-state index contributed by atoms with van der Waals surface area (Å²) in [5.74, 6) is 0.573. The molecule has 4 atom stereocenters. The van der Waals surface area contributed by atoms with E-state index in [4.69, 9.17) is 20.7 Å². The van der Waals surface area contributed by atoms with E-state index in [2.05, 4.69) is 37.5 Å². The minimum Gasteiger partial charge on any atom is -0.507 e. The summed E-state index contributed by atoms with van der Waals surface area (Å²) in [5, 5.41) is 37.6. The monoisotopic (exact) mass is 487 g/mol. The molecule has 4 rings (SSSR count). The van der Waals surface area contributed by atoms with Crippen LogP contribution in [0.5, 0.6) is 5.75 Å². The fraction of sp³-hybridized carbons (Fsp3) is 0.312. The Balaban J connectivity index is 0.000000221. The molecule has 1 aromatic carbocycles. The summed E-state index contributed by atoms with van der Waals surface area (Å²) in [6, 6.07) is 7.22. The molecule has 0 saturated carbocycles. The number of hydrogen-bond donors (Lipinski definition) is 5. The van der Waals surface area contributed by atoms with E-state index < -0.39 is 31.1 Å². The van der Waals surface area contributed by atoms with Gasteiger partial charge >= 0.3 is 0 Å². The molecule has 0 spiro atoms. The Bertz CT molecular complexity index is 902. The first-order chi connectivity index (χ1) is 12.9. The van der Waals surface area contributed by atoms with Crippen LogP contribution in [0.4, 0.5) is 5.82 Å². The molecule has 1 saturated heterocycles. The van der Waals surface area contributed by atoms with Crippen molar-refractivity contribution in [2.75, 3.05) is 12.3 Å². The lowest BCUT2D eigenvalue weighted by Gasteiger charge is -2.16. The molecule has 144 valence electrons. The van der Waals surface area contributed by atoms with Crippen molar-refractivity contribution in [3.63, 3.8) is 0 Å². The number of benzene rings is 1. The predicted octanol–water partition coefficient (Wildman–Crippen LogP) is 0.0168. The molecule has 2 aromatic heterocycles. The smallest absolute Gasteiger partial charge is 0.167 e. The van der Waals surface area contributed by atoms with Gasteiger partial charge < -0.3 is 30.9 Å². The van der Waals surface area contributed by atoms with Gasteiger partial charge in [-0.3, -0.25) is 4.57 Å². The molecule has 10 nitrogen and oxygen atoms in total. The number of aromatic hydroxyl groups is 1. The Labute approximate surface area is 167 Å². The van der Waals surface area contributed by atoms with Gasteiger partial charge in [0, 0.05) is 0 Å². The third kappa shape index (κ3) is 3.96. The Kier molecular flexibility index (Phi) is 6.06. The predicted molar refractivity (Wildman–Crippen MR) is 104 cm³/mol. The number of rotatable bonds is 2. The average Bonchev–Trinajstić information content (AvgIpc) is 3.21. The molecule has 0 amide bonds. The average molecular weight is 487 g/mol. The largest absolute Gasteiger partial charge is 0.507 e. The molecule has 1 fully saturated rings. The number of nitrogen functional groups attached to an aromatic ring is 1. The Morgan fingerprint density at radius 3 is 2.48 bits per heavy atom. The van der Waals surface area contributed by atoms with Crippen LogP contribution in [0.25, 0.3) is 11.2 Å². The maximum Gasteiger partial charge on any atom is 0.167 e. The van der Waals surface area contributed by atoms with Crippen molar-refractivity contribution in [3.8, 4) is 5.75 Å². The van der Waals surface area contributed by atoms with Gasteiger partial charge in [0.25, 0.3) is 0 Å². The van der Waals surface area contributed by atoms with Gasteiger partial charge in [-0.2, -0.15) is 0 Å². The number of nitrogens with zero attached hydrogens (tertiary/aromatic N) is 4. The number of phenolic OH excluding ortho intramolecular Hbond substituents is 1. The minimum atomic E-state index is -1.19. The Hall–Kier alpha value is -2.06. The van der Waals surface area contributed by atoms with Crippen molar-refractivity contribution >= 4 is 39.6 Å². The zero-order valence-corrected chi connectivity index (χ0v) is 16.1. The van der Waals surface area contributed by atoms with E-state index >= 15 is 0 Å². The summed E-state index contributed by atoms with van der Waals surface area (Å²) in [7, 11) is 0. The van der Waals surface area contributed by atoms with Crippen LogP contribution in [0.3, 0.4) is 0 Å². The van der Waals surface area contributed by atoms with Gasteiger partial charge in [0.1, 0.15) is 35.9 Å². The second kappa shape index (κ2) is 8.31. The normalized spacial score (nSPS) is 24.6. The number of para-hydroxylation sites is 1. The summed E-state index contributed by atoms with van der Waals surface area (Å²) < 4.78 is 7.75. The zero-order valence-electron chi connectivity index (χ0n) is 13.9. The number of aliphatic hydroxyl groups is 3. The van der Waals surface area contributed by atoms with E-state index in [1.54, 1.807) is 12.1 Å². The molecular weight excluding hydrogens is 469 g/mol. The molecule has 0 unspecified atom stereocenters. The van der Waals surface area contributed by atoms with Gasteiger partial charge in [-0.05, 0) is 34.7 Å². The van der Waals surface area contributed by atoms with Crippen molar-refractivity contribution < 1.29 is 25.2 Å². The second-order valence-electron chi connectivity index (χ2n) is 5.76. The highest BCUT2D eigenvalue weighted by Crippen LogP contribution is 2.31. The number of fused-ring (bicyclic) bond motifs is 1. The lowest BCUT2D eigenvalue weighted by atomic mass is 10.1. The van der Waals surface area contributed by atoms with Crippen LogP contribution in [-0.4, -0.2) is 64.9 Å². The van der Waals surface area contributed by atoms with E-state index in [0.717, 1.165) is 3.57 Å². The fourth-order valence-corrected chi connectivity index (χ4v) is 3.01. The first-order valence-corrected chi connectivity index (χ1v) is 9.01. The van der Waals surface area contributed by atoms with Gasteiger partial charge in [0.15, 0.2) is 17.7 Å². The number of hydrogen-bond acceptors (Lipinski definition) is 9. The van der Waals surface area contributed by atoms with Crippen LogP contribution >= 0.6 is 22.6 Å². The quantitative estimate of drug-likeness (QED) is 0.314.